The third kappa shape index (κ3) is 1.27. The van der Waals surface area contributed by atoms with E-state index in [9.17, 15) is 14.7 Å². The maximum Gasteiger partial charge on any atom is 0.408 e. The third-order valence-electron chi connectivity index (χ3n) is 4.03. The molecule has 94 valence electrons. The number of rotatable bonds is 2. The van der Waals surface area contributed by atoms with Crippen LogP contribution in [0.1, 0.15) is 18.4 Å². The van der Waals surface area contributed by atoms with E-state index >= 15 is 0 Å². The fourth-order valence-electron chi connectivity index (χ4n) is 2.99. The van der Waals surface area contributed by atoms with Crippen LogP contribution in [0.4, 0.5) is 4.79 Å². The fraction of sp³-hybridized carbons (Fsp3) is 0.385. The lowest BCUT2D eigenvalue weighted by molar-refractivity contribution is -0.141. The minimum Gasteiger partial charge on any atom is -0.479 e. The van der Waals surface area contributed by atoms with Gasteiger partial charge in [-0.05, 0) is 18.4 Å². The van der Waals surface area contributed by atoms with Crippen LogP contribution in [0.15, 0.2) is 30.3 Å². The minimum atomic E-state index is -1.21. The lowest BCUT2D eigenvalue weighted by Crippen LogP contribution is -2.47. The molecule has 18 heavy (non-hydrogen) atoms. The number of aliphatic carboxylic acids is 1. The average molecular weight is 247 g/mol. The average Bonchev–Trinajstić information content (AvgIpc) is 3.01. The van der Waals surface area contributed by atoms with Gasteiger partial charge in [0.25, 0.3) is 0 Å². The first kappa shape index (κ1) is 11.1. The van der Waals surface area contributed by atoms with Gasteiger partial charge in [-0.15, -0.1) is 0 Å². The molecule has 1 aromatic rings. The molecule has 1 saturated heterocycles. The van der Waals surface area contributed by atoms with Crippen molar-refractivity contribution in [1.82, 2.24) is 5.32 Å². The highest BCUT2D eigenvalue weighted by Gasteiger charge is 2.74. The number of cyclic esters (lactones) is 1. The molecule has 2 atom stereocenters. The fourth-order valence-corrected chi connectivity index (χ4v) is 2.99. The molecule has 0 spiro atoms. The molecule has 2 aliphatic rings. The first-order valence-corrected chi connectivity index (χ1v) is 5.85. The Kier molecular flexibility index (Phi) is 2.14. The van der Waals surface area contributed by atoms with Crippen molar-refractivity contribution < 1.29 is 19.4 Å². The number of ether oxygens (including phenoxy) is 1. The Morgan fingerprint density at radius 3 is 2.72 bits per heavy atom. The quantitative estimate of drug-likeness (QED) is 0.825. The largest absolute Gasteiger partial charge is 0.479 e. The Balaban J connectivity index is 2.06. The van der Waals surface area contributed by atoms with Crippen LogP contribution in [-0.4, -0.2) is 29.3 Å². The van der Waals surface area contributed by atoms with Crippen molar-refractivity contribution in [2.45, 2.75) is 23.8 Å². The Labute approximate surface area is 104 Å². The summed E-state index contributed by atoms with van der Waals surface area (Å²) < 4.78 is 4.91. The molecule has 5 heteroatoms. The third-order valence-corrected chi connectivity index (χ3v) is 4.03. The van der Waals surface area contributed by atoms with Gasteiger partial charge in [0.2, 0.25) is 0 Å². The molecule has 0 bridgehead atoms. The highest BCUT2D eigenvalue weighted by Crippen LogP contribution is 2.60. The SMILES string of the molecule is O=C1N[C@]2(C(=O)O)C[C@]2(c2ccccc2)CCO1. The zero-order valence-electron chi connectivity index (χ0n) is 9.68. The van der Waals surface area contributed by atoms with Crippen molar-refractivity contribution in [3.63, 3.8) is 0 Å². The summed E-state index contributed by atoms with van der Waals surface area (Å²) in [5.74, 6) is -0.995. The molecule has 2 N–H and O–H groups in total. The van der Waals surface area contributed by atoms with Crippen LogP contribution >= 0.6 is 0 Å². The number of carboxylic acid groups (broad SMARTS) is 1. The predicted octanol–water partition coefficient (Wildman–Crippen LogP) is 1.28. The van der Waals surface area contributed by atoms with Crippen LogP contribution in [0.2, 0.25) is 0 Å². The van der Waals surface area contributed by atoms with E-state index in [0.717, 1.165) is 5.56 Å². The van der Waals surface area contributed by atoms with Crippen LogP contribution in [0.3, 0.4) is 0 Å². The Morgan fingerprint density at radius 1 is 1.33 bits per heavy atom. The summed E-state index contributed by atoms with van der Waals surface area (Å²) >= 11 is 0. The topological polar surface area (TPSA) is 75.6 Å². The number of nitrogens with one attached hydrogen (secondary N) is 1. The first-order chi connectivity index (χ1) is 8.61. The second kappa shape index (κ2) is 3.48. The zero-order valence-corrected chi connectivity index (χ0v) is 9.68. The summed E-state index contributed by atoms with van der Waals surface area (Å²) in [5, 5.41) is 11.9. The van der Waals surface area contributed by atoms with Crippen LogP contribution in [-0.2, 0) is 14.9 Å². The van der Waals surface area contributed by atoms with Gasteiger partial charge in [-0.3, -0.25) is 0 Å². The summed E-state index contributed by atoms with van der Waals surface area (Å²) in [6.45, 7) is 0.246. The van der Waals surface area contributed by atoms with Crippen molar-refractivity contribution >= 4 is 12.1 Å². The second-order valence-corrected chi connectivity index (χ2v) is 4.85. The number of hydrogen-bond acceptors (Lipinski definition) is 3. The van der Waals surface area contributed by atoms with E-state index < -0.39 is 23.0 Å². The Hall–Kier alpha value is -2.04. The number of hydrogen-bond donors (Lipinski definition) is 2. The summed E-state index contributed by atoms with van der Waals surface area (Å²) in [6.07, 6.45) is 0.309. The molecule has 3 rings (SSSR count). The van der Waals surface area contributed by atoms with Gasteiger partial charge in [0.1, 0.15) is 0 Å². The van der Waals surface area contributed by atoms with Crippen LogP contribution in [0.25, 0.3) is 0 Å². The van der Waals surface area contributed by atoms with Crippen molar-refractivity contribution in [3.8, 4) is 0 Å². The summed E-state index contributed by atoms with van der Waals surface area (Å²) in [6, 6.07) is 9.45. The smallest absolute Gasteiger partial charge is 0.408 e. The Morgan fingerprint density at radius 2 is 2.06 bits per heavy atom. The summed E-state index contributed by atoms with van der Waals surface area (Å²) in [4.78, 5) is 22.9. The zero-order chi connectivity index (χ0) is 12.8. The number of benzene rings is 1. The number of amides is 1. The van der Waals surface area contributed by atoms with Crippen molar-refractivity contribution in [3.05, 3.63) is 35.9 Å². The van der Waals surface area contributed by atoms with E-state index in [1.165, 1.54) is 0 Å². The molecule has 1 heterocycles. The number of carboxylic acids is 1. The molecule has 1 aliphatic heterocycles. The first-order valence-electron chi connectivity index (χ1n) is 5.85. The van der Waals surface area contributed by atoms with E-state index in [4.69, 9.17) is 4.74 Å². The van der Waals surface area contributed by atoms with Gasteiger partial charge in [-0.1, -0.05) is 30.3 Å². The highest BCUT2D eigenvalue weighted by molar-refractivity contribution is 5.92. The molecule has 0 unspecified atom stereocenters. The molecule has 0 radical (unpaired) electrons. The van der Waals surface area contributed by atoms with Crippen LogP contribution in [0, 0.1) is 0 Å². The van der Waals surface area contributed by atoms with Gasteiger partial charge in [0, 0.05) is 5.41 Å². The van der Waals surface area contributed by atoms with E-state index in [-0.39, 0.29) is 6.61 Å². The molecule has 1 saturated carbocycles. The molecule has 1 aromatic carbocycles. The van der Waals surface area contributed by atoms with Gasteiger partial charge < -0.3 is 15.2 Å². The maximum absolute atomic E-state index is 11.5. The minimum absolute atomic E-state index is 0.246. The Bertz CT molecular complexity index is 515. The summed E-state index contributed by atoms with van der Waals surface area (Å²) in [5.41, 5.74) is -0.799. The van der Waals surface area contributed by atoms with Gasteiger partial charge >= 0.3 is 12.1 Å². The van der Waals surface area contributed by atoms with E-state index in [1.54, 1.807) is 0 Å². The van der Waals surface area contributed by atoms with Gasteiger partial charge in [-0.25, -0.2) is 9.59 Å². The number of fused-ring (bicyclic) bond motifs is 1. The highest BCUT2D eigenvalue weighted by atomic mass is 16.5. The maximum atomic E-state index is 11.5. The number of carbonyl (C=O) groups is 2. The molecule has 5 nitrogen and oxygen atoms in total. The van der Waals surface area contributed by atoms with E-state index in [2.05, 4.69) is 5.32 Å². The van der Waals surface area contributed by atoms with Crippen molar-refractivity contribution in [2.24, 2.45) is 0 Å². The van der Waals surface area contributed by atoms with Gasteiger partial charge in [-0.2, -0.15) is 0 Å². The van der Waals surface area contributed by atoms with Crippen LogP contribution < -0.4 is 5.32 Å². The van der Waals surface area contributed by atoms with Crippen LogP contribution in [0.5, 0.6) is 0 Å². The van der Waals surface area contributed by atoms with E-state index in [0.29, 0.717) is 12.8 Å². The van der Waals surface area contributed by atoms with Gasteiger partial charge in [0.05, 0.1) is 6.61 Å². The molecular weight excluding hydrogens is 234 g/mol. The normalized spacial score (nSPS) is 33.7. The number of carbonyl (C=O) groups excluding carboxylic acids is 1. The van der Waals surface area contributed by atoms with Crippen molar-refractivity contribution in [1.29, 1.82) is 0 Å². The molecule has 0 aromatic heterocycles. The summed E-state index contributed by atoms with van der Waals surface area (Å²) in [7, 11) is 0. The second-order valence-electron chi connectivity index (χ2n) is 4.85. The molecular formula is C13H13NO4. The standard InChI is InChI=1S/C13H13NO4/c15-10(16)13-8-12(13,6-7-18-11(17)14-13)9-4-2-1-3-5-9/h1-5H,6-8H2,(H,14,17)(H,15,16)/t12-,13-/m0/s1. The van der Waals surface area contributed by atoms with Gasteiger partial charge in [0.15, 0.2) is 5.54 Å². The van der Waals surface area contributed by atoms with E-state index in [1.807, 2.05) is 30.3 Å². The molecule has 2 fully saturated rings. The number of alkyl carbamates (subject to hydrolysis) is 1. The molecule has 1 aliphatic carbocycles. The monoisotopic (exact) mass is 247 g/mol. The predicted molar refractivity (Wildman–Crippen MR) is 62.2 cm³/mol. The lowest BCUT2D eigenvalue weighted by atomic mass is 9.87. The molecule has 1 amide bonds. The lowest BCUT2D eigenvalue weighted by Gasteiger charge is -2.20. The van der Waals surface area contributed by atoms with Crippen molar-refractivity contribution in [2.75, 3.05) is 6.61 Å².